The number of carbonyl (C=O) groups excluding carboxylic acids is 1. The van der Waals surface area contributed by atoms with Crippen LogP contribution >= 0.6 is 0 Å². The molecule has 0 fully saturated rings. The zero-order chi connectivity index (χ0) is 13.7. The Morgan fingerprint density at radius 3 is 1.88 bits per heavy atom. The van der Waals surface area contributed by atoms with Gasteiger partial charge in [-0.2, -0.15) is 0 Å². The predicted octanol–water partition coefficient (Wildman–Crippen LogP) is -0.442. The van der Waals surface area contributed by atoms with E-state index in [0.29, 0.717) is 0 Å². The number of hydrogen-bond donors (Lipinski definition) is 3. The van der Waals surface area contributed by atoms with Gasteiger partial charge in [0, 0.05) is 13.1 Å². The molecule has 0 spiro atoms. The molecule has 0 bridgehead atoms. The van der Waals surface area contributed by atoms with Crippen LogP contribution in [0.5, 0.6) is 0 Å². The van der Waals surface area contributed by atoms with Crippen molar-refractivity contribution in [1.82, 2.24) is 4.90 Å². The van der Waals surface area contributed by atoms with Crippen LogP contribution in [0.1, 0.15) is 20.8 Å². The first-order valence-electron chi connectivity index (χ1n) is 5.61. The molecular weight excluding hydrogens is 222 g/mol. The second-order valence-corrected chi connectivity index (χ2v) is 4.63. The van der Waals surface area contributed by atoms with Gasteiger partial charge in [-0.25, -0.2) is 0 Å². The zero-order valence-electron chi connectivity index (χ0n) is 10.8. The summed E-state index contributed by atoms with van der Waals surface area (Å²) in [5, 5.41) is 28.2. The van der Waals surface area contributed by atoms with Gasteiger partial charge in [-0.05, 0) is 26.8 Å². The Bertz CT molecular complexity index is 266. The third-order valence-electron chi connectivity index (χ3n) is 3.23. The first kappa shape index (κ1) is 16.2. The van der Waals surface area contributed by atoms with Crippen molar-refractivity contribution in [3.63, 3.8) is 0 Å². The highest BCUT2D eigenvalue weighted by atomic mass is 16.3. The summed E-state index contributed by atoms with van der Waals surface area (Å²) < 4.78 is 0. The maximum absolute atomic E-state index is 12.0. The van der Waals surface area contributed by atoms with Crippen LogP contribution in [-0.2, 0) is 4.79 Å². The molecule has 0 saturated heterocycles. The van der Waals surface area contributed by atoms with Crippen LogP contribution in [0.3, 0.4) is 0 Å². The fourth-order valence-electron chi connectivity index (χ4n) is 1.84. The number of nitrogens with zero attached hydrogens (tertiary/aromatic N) is 1. The number of rotatable bonds is 8. The standard InChI is InChI=1S/C12H23NO4/c1-5-10(16)12(4,11(2,3)17)13(6-8-14)7-9-15/h5,14-15,17H,1,6-9H2,2-4H3. The van der Waals surface area contributed by atoms with E-state index in [1.807, 2.05) is 0 Å². The molecular formula is C12H23NO4. The molecule has 0 amide bonds. The van der Waals surface area contributed by atoms with Gasteiger partial charge in [-0.3, -0.25) is 9.69 Å². The highest BCUT2D eigenvalue weighted by molar-refractivity contribution is 5.98. The van der Waals surface area contributed by atoms with Crippen molar-refractivity contribution >= 4 is 5.78 Å². The molecule has 1 unspecified atom stereocenters. The van der Waals surface area contributed by atoms with Crippen LogP contribution in [0.4, 0.5) is 0 Å². The molecule has 0 saturated carbocycles. The Morgan fingerprint density at radius 2 is 1.65 bits per heavy atom. The average Bonchev–Trinajstić information content (AvgIpc) is 2.25. The molecule has 0 aliphatic rings. The topological polar surface area (TPSA) is 81.0 Å². The van der Waals surface area contributed by atoms with Gasteiger partial charge >= 0.3 is 0 Å². The van der Waals surface area contributed by atoms with Crippen molar-refractivity contribution in [2.75, 3.05) is 26.3 Å². The smallest absolute Gasteiger partial charge is 0.177 e. The maximum Gasteiger partial charge on any atom is 0.177 e. The van der Waals surface area contributed by atoms with Gasteiger partial charge in [-0.1, -0.05) is 6.58 Å². The number of hydrogen-bond acceptors (Lipinski definition) is 5. The molecule has 3 N–H and O–H groups in total. The fourth-order valence-corrected chi connectivity index (χ4v) is 1.84. The lowest BCUT2D eigenvalue weighted by atomic mass is 9.78. The first-order valence-corrected chi connectivity index (χ1v) is 5.61. The SMILES string of the molecule is C=CC(=O)C(C)(N(CCO)CCO)C(C)(C)O. The fraction of sp³-hybridized carbons (Fsp3) is 0.750. The summed E-state index contributed by atoms with van der Waals surface area (Å²) in [5.74, 6) is -0.341. The molecule has 1 atom stereocenters. The van der Waals surface area contributed by atoms with Crippen LogP contribution in [0.25, 0.3) is 0 Å². The lowest BCUT2D eigenvalue weighted by Gasteiger charge is -2.46. The van der Waals surface area contributed by atoms with Gasteiger partial charge in [0.2, 0.25) is 0 Å². The molecule has 5 heteroatoms. The molecule has 0 aromatic heterocycles. The number of β-amino-alcohol motifs (C(OH)–C–C–N with tert-alkyl or cyclic N) is 2. The Hall–Kier alpha value is -0.750. The number of aliphatic hydroxyl groups excluding tert-OH is 2. The van der Waals surface area contributed by atoms with Crippen molar-refractivity contribution in [3.8, 4) is 0 Å². The lowest BCUT2D eigenvalue weighted by molar-refractivity contribution is -0.144. The molecule has 17 heavy (non-hydrogen) atoms. The average molecular weight is 245 g/mol. The highest BCUT2D eigenvalue weighted by Gasteiger charge is 2.48. The van der Waals surface area contributed by atoms with E-state index < -0.39 is 11.1 Å². The van der Waals surface area contributed by atoms with Gasteiger partial charge in [0.05, 0.1) is 18.8 Å². The Balaban J connectivity index is 5.40. The van der Waals surface area contributed by atoms with E-state index in [0.717, 1.165) is 6.08 Å². The van der Waals surface area contributed by atoms with Crippen LogP contribution in [0, 0.1) is 0 Å². The highest BCUT2D eigenvalue weighted by Crippen LogP contribution is 2.29. The molecule has 0 rings (SSSR count). The van der Waals surface area contributed by atoms with Crippen LogP contribution in [-0.4, -0.2) is 63.4 Å². The Labute approximate surface area is 102 Å². The minimum atomic E-state index is -1.32. The van der Waals surface area contributed by atoms with Crippen LogP contribution < -0.4 is 0 Å². The van der Waals surface area contributed by atoms with Crippen molar-refractivity contribution in [1.29, 1.82) is 0 Å². The molecule has 0 radical (unpaired) electrons. The minimum absolute atomic E-state index is 0.157. The summed E-state index contributed by atoms with van der Waals surface area (Å²) in [6.45, 7) is 8.14. The van der Waals surface area contributed by atoms with E-state index in [2.05, 4.69) is 6.58 Å². The molecule has 0 aromatic rings. The number of carbonyl (C=O) groups is 1. The summed E-state index contributed by atoms with van der Waals surface area (Å²) in [6.07, 6.45) is 1.15. The summed E-state index contributed by atoms with van der Waals surface area (Å²) in [6, 6.07) is 0. The molecule has 0 aromatic carbocycles. The zero-order valence-corrected chi connectivity index (χ0v) is 10.8. The maximum atomic E-state index is 12.0. The predicted molar refractivity (Wildman–Crippen MR) is 65.7 cm³/mol. The molecule has 0 heterocycles. The van der Waals surface area contributed by atoms with Gasteiger partial charge in [-0.15, -0.1) is 0 Å². The van der Waals surface area contributed by atoms with E-state index >= 15 is 0 Å². The summed E-state index contributed by atoms with van der Waals surface area (Å²) in [4.78, 5) is 13.6. The molecule has 100 valence electrons. The van der Waals surface area contributed by atoms with Crippen LogP contribution in [0.2, 0.25) is 0 Å². The molecule has 0 aliphatic heterocycles. The van der Waals surface area contributed by atoms with Gasteiger partial charge in [0.25, 0.3) is 0 Å². The van der Waals surface area contributed by atoms with E-state index in [4.69, 9.17) is 10.2 Å². The van der Waals surface area contributed by atoms with E-state index in [1.54, 1.807) is 11.8 Å². The van der Waals surface area contributed by atoms with E-state index in [1.165, 1.54) is 13.8 Å². The molecule has 5 nitrogen and oxygen atoms in total. The number of ketones is 1. The van der Waals surface area contributed by atoms with Crippen molar-refractivity contribution in [3.05, 3.63) is 12.7 Å². The largest absolute Gasteiger partial charge is 0.395 e. The first-order chi connectivity index (χ1) is 7.75. The van der Waals surface area contributed by atoms with Crippen molar-refractivity contribution in [2.45, 2.75) is 31.9 Å². The Morgan fingerprint density at radius 1 is 1.24 bits per heavy atom. The van der Waals surface area contributed by atoms with Gasteiger partial charge in [0.15, 0.2) is 5.78 Å². The van der Waals surface area contributed by atoms with Crippen molar-refractivity contribution < 1.29 is 20.1 Å². The van der Waals surface area contributed by atoms with Crippen molar-refractivity contribution in [2.24, 2.45) is 0 Å². The quantitative estimate of drug-likeness (QED) is 0.505. The lowest BCUT2D eigenvalue weighted by Crippen LogP contribution is -2.65. The van der Waals surface area contributed by atoms with E-state index in [-0.39, 0.29) is 32.1 Å². The molecule has 0 aliphatic carbocycles. The van der Waals surface area contributed by atoms with E-state index in [9.17, 15) is 9.90 Å². The minimum Gasteiger partial charge on any atom is -0.395 e. The van der Waals surface area contributed by atoms with Gasteiger partial charge in [0.1, 0.15) is 5.54 Å². The summed E-state index contributed by atoms with van der Waals surface area (Å²) >= 11 is 0. The Kier molecular flexibility index (Phi) is 5.98. The van der Waals surface area contributed by atoms with Gasteiger partial charge < -0.3 is 15.3 Å². The monoisotopic (exact) mass is 245 g/mol. The number of aliphatic hydroxyl groups is 3. The normalized spacial score (nSPS) is 15.7. The summed E-state index contributed by atoms with van der Waals surface area (Å²) in [7, 11) is 0. The third kappa shape index (κ3) is 3.35. The second kappa shape index (κ2) is 6.26. The van der Waals surface area contributed by atoms with Crippen LogP contribution in [0.15, 0.2) is 12.7 Å². The second-order valence-electron chi connectivity index (χ2n) is 4.63. The third-order valence-corrected chi connectivity index (χ3v) is 3.23. The summed E-state index contributed by atoms with van der Waals surface area (Å²) in [5.41, 5.74) is -2.54.